The zero-order valence-corrected chi connectivity index (χ0v) is 67.4. The number of methoxy groups -OCH3 is 2. The highest BCUT2D eigenvalue weighted by Gasteiger charge is 2.55. The highest BCUT2D eigenvalue weighted by Crippen LogP contribution is 2.62. The molecule has 6 aliphatic carbocycles. The number of hydrogen-bond donors (Lipinski definition) is 0. The first-order valence-electron chi connectivity index (χ1n) is 35.5. The fourth-order valence-electron chi connectivity index (χ4n) is 16.4. The van der Waals surface area contributed by atoms with Crippen LogP contribution in [0.25, 0.3) is 0 Å². The third-order valence-corrected chi connectivity index (χ3v) is 44.9. The Hall–Kier alpha value is -1.22. The number of carbonyl (C=O) groups is 2. The molecule has 0 aliphatic heterocycles. The van der Waals surface area contributed by atoms with Gasteiger partial charge in [-0.05, 0) is 236 Å². The summed E-state index contributed by atoms with van der Waals surface area (Å²) in [6.45, 7) is 62.5. The Morgan fingerprint density at radius 1 is 0.600 bits per heavy atom. The van der Waals surface area contributed by atoms with E-state index in [-0.39, 0.29) is 73.5 Å². The van der Waals surface area contributed by atoms with Crippen LogP contribution in [0.4, 0.5) is 0 Å². The second kappa shape index (κ2) is 30.7. The van der Waals surface area contributed by atoms with Gasteiger partial charge in [-0.3, -0.25) is 4.21 Å². The van der Waals surface area contributed by atoms with Gasteiger partial charge in [-0.2, -0.15) is 0 Å². The minimum atomic E-state index is -2.32. The molecule has 0 aromatic rings. The van der Waals surface area contributed by atoms with Gasteiger partial charge in [0.2, 0.25) is 0 Å². The lowest BCUT2D eigenvalue weighted by molar-refractivity contribution is -0.112. The van der Waals surface area contributed by atoms with E-state index in [4.69, 9.17) is 27.2 Å². The van der Waals surface area contributed by atoms with Crippen LogP contribution >= 0.6 is 0 Å². The molecule has 16 atom stereocenters. The van der Waals surface area contributed by atoms with Crippen LogP contribution in [0.2, 0.25) is 72.5 Å². The fraction of sp³-hybridized carbons (Fsp3) is 0.840. The minimum absolute atomic E-state index is 0.00573. The van der Waals surface area contributed by atoms with Crippen molar-refractivity contribution in [3.05, 3.63) is 58.2 Å². The number of fused-ring (bicyclic) bond motifs is 2. The molecule has 518 valence electrons. The Bertz CT molecular complexity index is 2590. The largest absolute Gasteiger partial charge is 0.772 e. The predicted octanol–water partition coefficient (Wildman–Crippen LogP) is 20.3. The van der Waals surface area contributed by atoms with Crippen LogP contribution in [-0.2, 0) is 47.8 Å². The maximum Gasteiger partial charge on any atom is 0.192 e. The number of hydrogen-bond acceptors (Lipinski definition) is 10. The highest BCUT2D eigenvalue weighted by molar-refractivity contribution is 7.80. The van der Waals surface area contributed by atoms with Gasteiger partial charge in [0.05, 0.1) is 41.9 Å². The van der Waals surface area contributed by atoms with Crippen LogP contribution < -0.4 is 0 Å². The molecule has 15 heteroatoms. The minimum Gasteiger partial charge on any atom is -0.772 e. The standard InChI is InChI=1S/C38H70O6SSi2.C37H66O4Si2/c1-15-29-30(24-28(43-46(11,12)36(3,4)5)25-34(29)44-47(13,14)37(6,7)8)35(45(40)41)23-27-17-16-21-38(9)31(18-19-32(27)38)26(2)33(42-10)20-22-39;1-26-29(24-30(40-42(11,12)35(3,4)5)25-34(26)41-43(13,14)36(6,7)8)18-17-28-16-15-22-37(9)31(19-20-32(28)37)27(2)33(39-10)21-23-38/h22-23,26,28,31-35H,15-21,24-25H2,1-14H3,(H,40,41);17-18,23,27,30-34H,1,15-16,19-22,24-25H2,2-14H3/p-1/b27-23+;28-17+,29-18+/t26-,28?,31?,32?,33?,34?,35?,38-;27-,30?,31?,32?,33?,34?,37-/m11/s1. The molecule has 5 fully saturated rings. The number of carbonyl (C=O) groups excluding carboxylic acids is 2. The van der Waals surface area contributed by atoms with Gasteiger partial charge in [-0.15, -0.1) is 0 Å². The van der Waals surface area contributed by atoms with E-state index >= 15 is 0 Å². The van der Waals surface area contributed by atoms with Crippen LogP contribution in [0.15, 0.2) is 58.2 Å². The zero-order chi connectivity index (χ0) is 68.3. The zero-order valence-electron chi connectivity index (χ0n) is 62.6. The van der Waals surface area contributed by atoms with Gasteiger partial charge in [0.15, 0.2) is 33.3 Å². The summed E-state index contributed by atoms with van der Waals surface area (Å²) < 4.78 is 66.7. The lowest BCUT2D eigenvalue weighted by Gasteiger charge is -2.47. The molecule has 0 amide bonds. The average Bonchev–Trinajstić information content (AvgIpc) is 1.56. The summed E-state index contributed by atoms with van der Waals surface area (Å²) in [5.74, 6) is 2.59. The van der Waals surface area contributed by atoms with Crippen LogP contribution in [-0.4, -0.2) is 111 Å². The molecule has 0 spiro atoms. The molecule has 0 radical (unpaired) electrons. The SMILES string of the molecule is C=C1/C(=C/C=C2\CCC[C@@]3(C)C2CCC3[C@@H](C)C(CC=O)OC)CC(O[Si](C)(C)C(C)(C)C)CC1O[Si](C)(C)C(C)(C)C.CCC1=C(C(/C=C2\CCC[C@@]3(C)C2CCC3[C@@H](C)C(CC=O)OC)S(=O)[O-])CC(O[Si](C)(C)C(C)(C)C)CC1O[Si](C)(C)C(C)(C)C. The first kappa shape index (κ1) is 79.5. The third kappa shape index (κ3) is 18.1. The second-order valence-corrected chi connectivity index (χ2v) is 55.7. The lowest BCUT2D eigenvalue weighted by Crippen LogP contribution is -2.49. The Labute approximate surface area is 559 Å². The molecule has 0 heterocycles. The fourth-order valence-corrected chi connectivity index (χ4v) is 22.5. The number of rotatable bonds is 23. The summed E-state index contributed by atoms with van der Waals surface area (Å²) in [7, 11) is -4.72. The first-order valence-corrected chi connectivity index (χ1v) is 48.2. The molecular formula is C75H135O10SSi4-. The molecule has 0 bridgehead atoms. The Balaban J connectivity index is 0.000000329. The summed E-state index contributed by atoms with van der Waals surface area (Å²) in [4.78, 5) is 22.8. The van der Waals surface area contributed by atoms with E-state index in [1.807, 2.05) is 0 Å². The van der Waals surface area contributed by atoms with E-state index in [1.54, 1.807) is 19.8 Å². The molecule has 0 aromatic carbocycles. The van der Waals surface area contributed by atoms with E-state index < -0.39 is 49.6 Å². The van der Waals surface area contributed by atoms with Gasteiger partial charge < -0.3 is 41.3 Å². The van der Waals surface area contributed by atoms with E-state index in [0.29, 0.717) is 48.9 Å². The number of ether oxygens (including phenoxy) is 2. The number of allylic oxidation sites excluding steroid dienone is 4. The van der Waals surface area contributed by atoms with E-state index in [9.17, 15) is 18.4 Å². The van der Waals surface area contributed by atoms with Crippen molar-refractivity contribution in [3.63, 3.8) is 0 Å². The van der Waals surface area contributed by atoms with Crippen LogP contribution in [0.1, 0.15) is 227 Å². The van der Waals surface area contributed by atoms with Crippen molar-refractivity contribution in [2.24, 2.45) is 46.3 Å². The molecule has 12 unspecified atom stereocenters. The lowest BCUT2D eigenvalue weighted by atomic mass is 9.60. The van der Waals surface area contributed by atoms with Gasteiger partial charge in [0.1, 0.15) is 12.6 Å². The van der Waals surface area contributed by atoms with Crippen molar-refractivity contribution < 1.29 is 45.5 Å². The quantitative estimate of drug-likeness (QED) is 0.0422. The molecule has 6 rings (SSSR count). The first-order chi connectivity index (χ1) is 41.2. The van der Waals surface area contributed by atoms with Gasteiger partial charge in [-0.25, -0.2) is 0 Å². The molecule has 10 nitrogen and oxygen atoms in total. The highest BCUT2D eigenvalue weighted by atomic mass is 32.2. The molecule has 6 aliphatic rings. The van der Waals surface area contributed by atoms with Crippen molar-refractivity contribution in [2.75, 3.05) is 14.2 Å². The third-order valence-electron chi connectivity index (χ3n) is 26.0. The second-order valence-electron chi connectivity index (χ2n) is 35.7. The van der Waals surface area contributed by atoms with Crippen molar-refractivity contribution in [2.45, 2.75) is 341 Å². The number of aldehydes is 2. The topological polar surface area (TPSA) is 130 Å². The van der Waals surface area contributed by atoms with Crippen molar-refractivity contribution >= 4 is 56.9 Å². The van der Waals surface area contributed by atoms with Crippen LogP contribution in [0.5, 0.6) is 0 Å². The van der Waals surface area contributed by atoms with E-state index in [1.165, 1.54) is 48.8 Å². The maximum atomic E-state index is 13.4. The monoisotopic (exact) mass is 1340 g/mol. The van der Waals surface area contributed by atoms with E-state index in [0.717, 1.165) is 81.5 Å². The molecule has 5 saturated carbocycles. The molecule has 0 aromatic heterocycles. The molecule has 0 saturated heterocycles. The molecule has 0 N–H and O–H groups in total. The average molecular weight is 1340 g/mol. The van der Waals surface area contributed by atoms with Gasteiger partial charge in [0, 0.05) is 39.9 Å². The van der Waals surface area contributed by atoms with Gasteiger partial charge in [-0.1, -0.05) is 154 Å². The van der Waals surface area contributed by atoms with Gasteiger partial charge in [0.25, 0.3) is 0 Å². The predicted molar refractivity (Wildman–Crippen MR) is 388 cm³/mol. The molecule has 90 heavy (non-hydrogen) atoms. The summed E-state index contributed by atoms with van der Waals surface area (Å²) in [5.41, 5.74) is 7.88. The summed E-state index contributed by atoms with van der Waals surface area (Å²) in [6.07, 6.45) is 25.2. The Morgan fingerprint density at radius 2 is 0.989 bits per heavy atom. The van der Waals surface area contributed by atoms with Crippen molar-refractivity contribution in [3.8, 4) is 0 Å². The maximum absolute atomic E-state index is 13.4. The summed E-state index contributed by atoms with van der Waals surface area (Å²) in [6, 6.07) is 0. The van der Waals surface area contributed by atoms with Crippen LogP contribution in [0.3, 0.4) is 0 Å². The Kier molecular flexibility index (Phi) is 27.1. The summed E-state index contributed by atoms with van der Waals surface area (Å²) >= 11 is -2.32. The summed E-state index contributed by atoms with van der Waals surface area (Å²) in [5, 5.41) is -0.284. The normalized spacial score (nSPS) is 32.0. The van der Waals surface area contributed by atoms with Crippen molar-refractivity contribution in [1.82, 2.24) is 0 Å². The van der Waals surface area contributed by atoms with Crippen molar-refractivity contribution in [1.29, 1.82) is 0 Å². The van der Waals surface area contributed by atoms with Crippen LogP contribution in [0, 0.1) is 46.3 Å². The van der Waals surface area contributed by atoms with E-state index in [2.05, 4.69) is 195 Å². The smallest absolute Gasteiger partial charge is 0.192 e. The molecular weight excluding hydrogens is 1210 g/mol. The van der Waals surface area contributed by atoms with Gasteiger partial charge >= 0.3 is 0 Å². The Morgan fingerprint density at radius 3 is 1.39 bits per heavy atom.